The molecule has 0 N–H and O–H groups in total. The second kappa shape index (κ2) is 6.70. The van der Waals surface area contributed by atoms with Crippen molar-refractivity contribution in [3.8, 4) is 11.1 Å². The van der Waals surface area contributed by atoms with E-state index >= 15 is 0 Å². The third kappa shape index (κ3) is 3.40. The third-order valence-electron chi connectivity index (χ3n) is 2.19. The number of rotatable bonds is 1. The van der Waals surface area contributed by atoms with Crippen LogP contribution in [0.5, 0.6) is 0 Å². The van der Waals surface area contributed by atoms with Gasteiger partial charge in [0.1, 0.15) is 0 Å². The van der Waals surface area contributed by atoms with Gasteiger partial charge in [-0.1, -0.05) is 12.1 Å². The molecule has 2 aromatic rings. The van der Waals surface area contributed by atoms with Crippen molar-refractivity contribution < 1.29 is 0 Å². The fraction of sp³-hybridized carbons (Fsp3) is 0. The Morgan fingerprint density at radius 3 is 2.18 bits per heavy atom. The molecule has 0 aliphatic heterocycles. The van der Waals surface area contributed by atoms with Gasteiger partial charge in [0.2, 0.25) is 0 Å². The number of benzene rings is 2. The Morgan fingerprint density at radius 2 is 1.47 bits per heavy atom. The van der Waals surface area contributed by atoms with Crippen LogP contribution in [0.2, 0.25) is 0 Å². The van der Waals surface area contributed by atoms with Crippen LogP contribution in [0.15, 0.2) is 24.3 Å². The minimum absolute atomic E-state index is 1.21. The topological polar surface area (TPSA) is 0 Å². The molecule has 5 heteroatoms. The van der Waals surface area contributed by atoms with Crippen LogP contribution in [-0.4, -0.2) is 0 Å². The fourth-order valence-electron chi connectivity index (χ4n) is 1.37. The van der Waals surface area contributed by atoms with Crippen LogP contribution in [0.25, 0.3) is 11.1 Å². The van der Waals surface area contributed by atoms with Gasteiger partial charge in [0.25, 0.3) is 0 Å². The Labute approximate surface area is 169 Å². The van der Waals surface area contributed by atoms with Crippen molar-refractivity contribution in [2.75, 3.05) is 0 Å². The SMILES string of the molecule is Ic1cccc(-c2[c]cc(I)c(I)c2I)c1I. The standard InChI is InChI=1S/C12H4I5/c13-8-3-1-2-6(10(8)15)7-4-5-9(14)12(17)11(7)16/h1-3,5H. The molecule has 0 spiro atoms. The van der Waals surface area contributed by atoms with Crippen LogP contribution in [0, 0.1) is 23.9 Å². The zero-order valence-electron chi connectivity index (χ0n) is 8.20. The highest BCUT2D eigenvalue weighted by Gasteiger charge is 2.13. The summed E-state index contributed by atoms with van der Waals surface area (Å²) >= 11 is 12.0. The smallest absolute Gasteiger partial charge is 0.0404 e. The van der Waals surface area contributed by atoms with E-state index in [2.05, 4.69) is 143 Å². The van der Waals surface area contributed by atoms with E-state index in [0.29, 0.717) is 0 Å². The van der Waals surface area contributed by atoms with Gasteiger partial charge in [0.05, 0.1) is 0 Å². The Kier molecular flexibility index (Phi) is 6.10. The lowest BCUT2D eigenvalue weighted by Crippen LogP contribution is -1.93. The Balaban J connectivity index is 2.69. The molecule has 2 aromatic carbocycles. The number of halogens is 5. The molecule has 0 aliphatic rings. The Hall–Kier alpha value is 2.09. The summed E-state index contributed by atoms with van der Waals surface area (Å²) in [6, 6.07) is 11.9. The maximum atomic E-state index is 3.40. The van der Waals surface area contributed by atoms with Crippen molar-refractivity contribution in [2.24, 2.45) is 0 Å². The Morgan fingerprint density at radius 1 is 0.765 bits per heavy atom. The van der Waals surface area contributed by atoms with Crippen molar-refractivity contribution >= 4 is 113 Å². The van der Waals surface area contributed by atoms with Crippen LogP contribution < -0.4 is 0 Å². The normalized spacial score (nSPS) is 10.6. The van der Waals surface area contributed by atoms with Crippen LogP contribution in [0.4, 0.5) is 0 Å². The molecular weight excluding hydrogens is 779 g/mol. The fourth-order valence-corrected chi connectivity index (χ4v) is 4.60. The minimum atomic E-state index is 1.21. The van der Waals surface area contributed by atoms with Crippen molar-refractivity contribution in [1.82, 2.24) is 0 Å². The molecule has 0 unspecified atom stereocenters. The van der Waals surface area contributed by atoms with Gasteiger partial charge in [-0.15, -0.1) is 0 Å². The lowest BCUT2D eigenvalue weighted by Gasteiger charge is -2.10. The van der Waals surface area contributed by atoms with E-state index in [1.165, 1.54) is 29.0 Å². The van der Waals surface area contributed by atoms with E-state index in [1.54, 1.807) is 0 Å². The van der Waals surface area contributed by atoms with E-state index in [4.69, 9.17) is 0 Å². The van der Waals surface area contributed by atoms with Gasteiger partial charge in [0, 0.05) is 23.4 Å². The molecule has 0 nitrogen and oxygen atoms in total. The molecule has 2 rings (SSSR count). The van der Waals surface area contributed by atoms with Gasteiger partial charge >= 0.3 is 0 Å². The molecule has 0 bridgehead atoms. The van der Waals surface area contributed by atoms with Crippen LogP contribution in [0.1, 0.15) is 0 Å². The Bertz CT molecular complexity index is 577. The van der Waals surface area contributed by atoms with Crippen LogP contribution >= 0.6 is 113 Å². The van der Waals surface area contributed by atoms with Crippen LogP contribution in [-0.2, 0) is 0 Å². The summed E-state index contributed by atoms with van der Waals surface area (Å²) in [4.78, 5) is 0. The third-order valence-corrected chi connectivity index (χ3v) is 10.4. The summed E-state index contributed by atoms with van der Waals surface area (Å²) in [5.74, 6) is 0. The van der Waals surface area contributed by atoms with Gasteiger partial charge < -0.3 is 0 Å². The van der Waals surface area contributed by atoms with Gasteiger partial charge in [-0.05, 0) is 137 Å². The van der Waals surface area contributed by atoms with Crippen molar-refractivity contribution in [1.29, 1.82) is 0 Å². The summed E-state index contributed by atoms with van der Waals surface area (Å²) in [5.41, 5.74) is 2.48. The lowest BCUT2D eigenvalue weighted by molar-refractivity contribution is 1.47. The predicted octanol–water partition coefficient (Wildman–Crippen LogP) is 6.18. The maximum absolute atomic E-state index is 3.40. The molecule has 1 radical (unpaired) electrons. The molecule has 0 aliphatic carbocycles. The molecule has 0 fully saturated rings. The minimum Gasteiger partial charge on any atom is -0.0605 e. The molecule has 0 saturated carbocycles. The summed E-state index contributed by atoms with van der Waals surface area (Å²) in [6.07, 6.45) is 0. The van der Waals surface area contributed by atoms with E-state index < -0.39 is 0 Å². The van der Waals surface area contributed by atoms with Gasteiger partial charge in [-0.3, -0.25) is 0 Å². The highest BCUT2D eigenvalue weighted by atomic mass is 127. The van der Waals surface area contributed by atoms with Crippen molar-refractivity contribution in [2.45, 2.75) is 0 Å². The molecular formula is C12H4I5. The average molecular weight is 783 g/mol. The van der Waals surface area contributed by atoms with E-state index in [0.717, 1.165) is 0 Å². The van der Waals surface area contributed by atoms with Crippen LogP contribution in [0.3, 0.4) is 0 Å². The van der Waals surface area contributed by atoms with E-state index in [9.17, 15) is 0 Å². The summed E-state index contributed by atoms with van der Waals surface area (Å²) in [5, 5.41) is 0. The van der Waals surface area contributed by atoms with Gasteiger partial charge in [-0.2, -0.15) is 0 Å². The molecule has 87 valence electrons. The summed E-state index contributed by atoms with van der Waals surface area (Å²) < 4.78 is 6.45. The lowest BCUT2D eigenvalue weighted by atomic mass is 10.1. The van der Waals surface area contributed by atoms with Crippen molar-refractivity contribution in [3.05, 3.63) is 48.2 Å². The number of hydrogen-bond donors (Lipinski definition) is 0. The highest BCUT2D eigenvalue weighted by Crippen LogP contribution is 2.34. The monoisotopic (exact) mass is 783 g/mol. The van der Waals surface area contributed by atoms with Gasteiger partial charge in [-0.25, -0.2) is 0 Å². The second-order valence-corrected chi connectivity index (χ2v) is 8.80. The molecule has 17 heavy (non-hydrogen) atoms. The first kappa shape index (κ1) is 15.5. The molecule has 0 heterocycles. The second-order valence-electron chi connectivity index (χ2n) is 3.24. The first-order chi connectivity index (χ1) is 8.02. The van der Waals surface area contributed by atoms with E-state index in [1.807, 2.05) is 0 Å². The average Bonchev–Trinajstić information content (AvgIpc) is 2.31. The van der Waals surface area contributed by atoms with E-state index in [-0.39, 0.29) is 0 Å². The molecule has 0 amide bonds. The molecule has 0 atom stereocenters. The zero-order valence-corrected chi connectivity index (χ0v) is 19.0. The van der Waals surface area contributed by atoms with Crippen molar-refractivity contribution in [3.63, 3.8) is 0 Å². The quantitative estimate of drug-likeness (QED) is 0.240. The maximum Gasteiger partial charge on any atom is 0.0404 e. The summed E-state index contributed by atoms with van der Waals surface area (Å²) in [7, 11) is 0. The zero-order chi connectivity index (χ0) is 12.6. The highest BCUT2D eigenvalue weighted by molar-refractivity contribution is 14.1. The summed E-state index contributed by atoms with van der Waals surface area (Å²) in [6.45, 7) is 0. The first-order valence-corrected chi connectivity index (χ1v) is 9.91. The number of hydrogen-bond acceptors (Lipinski definition) is 0. The predicted molar refractivity (Wildman–Crippen MR) is 114 cm³/mol. The molecule has 0 aromatic heterocycles. The van der Waals surface area contributed by atoms with Gasteiger partial charge in [0.15, 0.2) is 0 Å². The molecule has 0 saturated heterocycles. The first-order valence-electron chi connectivity index (χ1n) is 4.52. The largest absolute Gasteiger partial charge is 0.0605 e.